The number of benzene rings is 1. The van der Waals surface area contributed by atoms with Crippen LogP contribution in [0, 0.1) is 10.5 Å². The van der Waals surface area contributed by atoms with E-state index >= 15 is 0 Å². The maximum absolute atomic E-state index is 5.63. The Morgan fingerprint density at radius 3 is 2.50 bits per heavy atom. The maximum atomic E-state index is 5.63. The summed E-state index contributed by atoms with van der Waals surface area (Å²) in [4.78, 5) is 0. The number of ether oxygens (including phenoxy) is 1. The molecule has 0 aliphatic rings. The topological polar surface area (TPSA) is 9.23 Å². The number of rotatable bonds is 3. The van der Waals surface area contributed by atoms with Crippen LogP contribution in [0.3, 0.4) is 0 Å². The summed E-state index contributed by atoms with van der Waals surface area (Å²) in [6.45, 7) is 9.28. The minimum absolute atomic E-state index is 0.519. The zero-order chi connectivity index (χ0) is 10.7. The minimum Gasteiger partial charge on any atom is -0.494 e. The van der Waals surface area contributed by atoms with Gasteiger partial charge in [-0.05, 0) is 65.6 Å². The van der Waals surface area contributed by atoms with Gasteiger partial charge in [-0.1, -0.05) is 13.8 Å². The molecule has 1 aromatic carbocycles. The molecule has 0 amide bonds. The third kappa shape index (κ3) is 2.62. The predicted octanol–water partition coefficient (Wildman–Crippen LogP) is 4.12. The molecule has 0 aliphatic heterocycles. The molecule has 0 saturated heterocycles. The summed E-state index contributed by atoms with van der Waals surface area (Å²) in [5.41, 5.74) is 2.60. The average molecular weight is 304 g/mol. The maximum Gasteiger partial charge on any atom is 0.123 e. The first-order valence-corrected chi connectivity index (χ1v) is 6.07. The molecule has 1 aromatic rings. The highest BCUT2D eigenvalue weighted by Gasteiger charge is 2.09. The summed E-state index contributed by atoms with van der Waals surface area (Å²) in [7, 11) is 0. The van der Waals surface area contributed by atoms with Crippen molar-refractivity contribution < 1.29 is 4.74 Å². The average Bonchev–Trinajstić information content (AvgIpc) is 2.11. The Kier molecular flexibility index (Phi) is 4.23. The molecule has 78 valence electrons. The van der Waals surface area contributed by atoms with Gasteiger partial charge in [0.15, 0.2) is 0 Å². The SMILES string of the molecule is CCOc1cc(C)c(I)cc1C(C)C. The highest BCUT2D eigenvalue weighted by atomic mass is 127. The molecule has 0 bridgehead atoms. The van der Waals surface area contributed by atoms with Crippen LogP contribution in [-0.2, 0) is 0 Å². The van der Waals surface area contributed by atoms with Crippen LogP contribution in [-0.4, -0.2) is 6.61 Å². The third-order valence-corrected chi connectivity index (χ3v) is 3.38. The molecule has 0 spiro atoms. The van der Waals surface area contributed by atoms with Crippen LogP contribution in [0.4, 0.5) is 0 Å². The molecule has 0 heterocycles. The van der Waals surface area contributed by atoms with Gasteiger partial charge in [0.05, 0.1) is 6.61 Å². The summed E-state index contributed by atoms with van der Waals surface area (Å²) < 4.78 is 6.95. The standard InChI is InChI=1S/C12H17IO/c1-5-14-12-6-9(4)11(13)7-10(12)8(2)3/h6-8H,5H2,1-4H3. The predicted molar refractivity (Wildman–Crippen MR) is 69.2 cm³/mol. The summed E-state index contributed by atoms with van der Waals surface area (Å²) in [5, 5.41) is 0. The summed E-state index contributed by atoms with van der Waals surface area (Å²) >= 11 is 2.37. The number of hydrogen-bond donors (Lipinski definition) is 0. The Morgan fingerprint density at radius 2 is 2.00 bits per heavy atom. The quantitative estimate of drug-likeness (QED) is 0.763. The van der Waals surface area contributed by atoms with E-state index in [1.807, 2.05) is 6.92 Å². The molecule has 0 N–H and O–H groups in total. The van der Waals surface area contributed by atoms with Gasteiger partial charge in [0.2, 0.25) is 0 Å². The second-order valence-corrected chi connectivity index (χ2v) is 4.89. The van der Waals surface area contributed by atoms with E-state index in [-0.39, 0.29) is 0 Å². The molecule has 0 aliphatic carbocycles. The fraction of sp³-hybridized carbons (Fsp3) is 0.500. The van der Waals surface area contributed by atoms with Crippen molar-refractivity contribution in [3.05, 3.63) is 26.8 Å². The first kappa shape index (κ1) is 11.8. The van der Waals surface area contributed by atoms with Gasteiger partial charge < -0.3 is 4.74 Å². The van der Waals surface area contributed by atoms with E-state index in [9.17, 15) is 0 Å². The van der Waals surface area contributed by atoms with Crippen LogP contribution < -0.4 is 4.74 Å². The minimum atomic E-state index is 0.519. The van der Waals surface area contributed by atoms with Crippen molar-refractivity contribution in [2.75, 3.05) is 6.61 Å². The fourth-order valence-electron chi connectivity index (χ4n) is 1.40. The van der Waals surface area contributed by atoms with Gasteiger partial charge >= 0.3 is 0 Å². The van der Waals surface area contributed by atoms with Crippen LogP contribution in [0.5, 0.6) is 5.75 Å². The van der Waals surface area contributed by atoms with Crippen molar-refractivity contribution in [2.24, 2.45) is 0 Å². The molecule has 1 rings (SSSR count). The largest absolute Gasteiger partial charge is 0.494 e. The lowest BCUT2D eigenvalue weighted by atomic mass is 10.0. The lowest BCUT2D eigenvalue weighted by Gasteiger charge is -2.15. The second kappa shape index (κ2) is 5.01. The van der Waals surface area contributed by atoms with Crippen LogP contribution in [0.2, 0.25) is 0 Å². The molecular formula is C12H17IO. The highest BCUT2D eigenvalue weighted by Crippen LogP contribution is 2.30. The van der Waals surface area contributed by atoms with Gasteiger partial charge in [-0.3, -0.25) is 0 Å². The molecule has 14 heavy (non-hydrogen) atoms. The molecule has 0 aromatic heterocycles. The molecular weight excluding hydrogens is 287 g/mol. The van der Waals surface area contributed by atoms with E-state index in [0.717, 1.165) is 12.4 Å². The molecule has 0 atom stereocenters. The van der Waals surface area contributed by atoms with E-state index in [4.69, 9.17) is 4.74 Å². The van der Waals surface area contributed by atoms with Crippen LogP contribution in [0.1, 0.15) is 37.8 Å². The Hall–Kier alpha value is -0.250. The molecule has 0 radical (unpaired) electrons. The lowest BCUT2D eigenvalue weighted by Crippen LogP contribution is -2.00. The Labute approximate surface area is 100.0 Å². The number of hydrogen-bond acceptors (Lipinski definition) is 1. The van der Waals surface area contributed by atoms with Crippen molar-refractivity contribution >= 4 is 22.6 Å². The summed E-state index contributed by atoms with van der Waals surface area (Å²) in [5.74, 6) is 1.56. The van der Waals surface area contributed by atoms with Crippen molar-refractivity contribution in [1.82, 2.24) is 0 Å². The zero-order valence-electron chi connectivity index (χ0n) is 9.23. The van der Waals surface area contributed by atoms with Crippen LogP contribution >= 0.6 is 22.6 Å². The van der Waals surface area contributed by atoms with Gasteiger partial charge in [0, 0.05) is 3.57 Å². The van der Waals surface area contributed by atoms with E-state index in [0.29, 0.717) is 5.92 Å². The third-order valence-electron chi connectivity index (χ3n) is 2.21. The second-order valence-electron chi connectivity index (χ2n) is 3.73. The molecule has 0 saturated carbocycles. The number of aryl methyl sites for hydroxylation is 1. The fourth-order valence-corrected chi connectivity index (χ4v) is 1.89. The summed E-state index contributed by atoms with van der Waals surface area (Å²) in [6, 6.07) is 4.37. The lowest BCUT2D eigenvalue weighted by molar-refractivity contribution is 0.335. The normalized spacial score (nSPS) is 10.7. The van der Waals surface area contributed by atoms with Crippen molar-refractivity contribution in [1.29, 1.82) is 0 Å². The molecule has 1 nitrogen and oxygen atoms in total. The number of halogens is 1. The first-order valence-electron chi connectivity index (χ1n) is 4.99. The van der Waals surface area contributed by atoms with E-state index in [2.05, 4.69) is 55.5 Å². The van der Waals surface area contributed by atoms with Gasteiger partial charge in [-0.25, -0.2) is 0 Å². The first-order chi connectivity index (χ1) is 6.56. The Balaban J connectivity index is 3.17. The van der Waals surface area contributed by atoms with Crippen molar-refractivity contribution in [3.8, 4) is 5.75 Å². The van der Waals surface area contributed by atoms with Crippen molar-refractivity contribution in [3.63, 3.8) is 0 Å². The molecule has 0 fully saturated rings. The molecule has 2 heteroatoms. The van der Waals surface area contributed by atoms with Gasteiger partial charge in [-0.2, -0.15) is 0 Å². The van der Waals surface area contributed by atoms with E-state index < -0.39 is 0 Å². The van der Waals surface area contributed by atoms with E-state index in [1.54, 1.807) is 0 Å². The van der Waals surface area contributed by atoms with Gasteiger partial charge in [-0.15, -0.1) is 0 Å². The van der Waals surface area contributed by atoms with E-state index in [1.165, 1.54) is 14.7 Å². The highest BCUT2D eigenvalue weighted by molar-refractivity contribution is 14.1. The van der Waals surface area contributed by atoms with Crippen molar-refractivity contribution in [2.45, 2.75) is 33.6 Å². The Bertz CT molecular complexity index is 318. The monoisotopic (exact) mass is 304 g/mol. The Morgan fingerprint density at radius 1 is 1.36 bits per heavy atom. The van der Waals surface area contributed by atoms with Crippen LogP contribution in [0.25, 0.3) is 0 Å². The summed E-state index contributed by atoms with van der Waals surface area (Å²) in [6.07, 6.45) is 0. The van der Waals surface area contributed by atoms with Gasteiger partial charge in [0.1, 0.15) is 5.75 Å². The molecule has 0 unspecified atom stereocenters. The van der Waals surface area contributed by atoms with Crippen LogP contribution in [0.15, 0.2) is 12.1 Å². The zero-order valence-corrected chi connectivity index (χ0v) is 11.4. The smallest absolute Gasteiger partial charge is 0.123 e. The van der Waals surface area contributed by atoms with Gasteiger partial charge in [0.25, 0.3) is 0 Å².